The van der Waals surface area contributed by atoms with Gasteiger partial charge in [-0.2, -0.15) is 4.98 Å². The number of pyridine rings is 1. The Morgan fingerprint density at radius 2 is 1.77 bits per heavy atom. The van der Waals surface area contributed by atoms with E-state index in [1.165, 1.54) is 10.2 Å². The Bertz CT molecular complexity index is 1800. The van der Waals surface area contributed by atoms with Crippen molar-refractivity contribution in [2.75, 3.05) is 29.9 Å². The molecule has 10 nitrogen and oxygen atoms in total. The maximum absolute atomic E-state index is 13.7. The lowest BCUT2D eigenvalue weighted by Crippen LogP contribution is -2.53. The summed E-state index contributed by atoms with van der Waals surface area (Å²) in [7, 11) is -3.96. The zero-order chi connectivity index (χ0) is 27.1. The lowest BCUT2D eigenvalue weighted by molar-refractivity contribution is -0.131. The molecule has 0 radical (unpaired) electrons. The molecule has 1 aliphatic heterocycles. The molecule has 198 valence electrons. The molecule has 1 amide bonds. The minimum atomic E-state index is -3.96. The Labute approximate surface area is 226 Å². The molecule has 0 aliphatic carbocycles. The summed E-state index contributed by atoms with van der Waals surface area (Å²) in [5.41, 5.74) is 2.52. The van der Waals surface area contributed by atoms with Crippen LogP contribution in [0, 0.1) is 0 Å². The minimum Gasteiger partial charge on any atom is -0.368 e. The average molecular weight is 542 g/mol. The second-order valence-corrected chi connectivity index (χ2v) is 11.4. The summed E-state index contributed by atoms with van der Waals surface area (Å²) in [4.78, 5) is 29.3. The van der Waals surface area contributed by atoms with Gasteiger partial charge in [0.25, 0.3) is 10.0 Å². The molecule has 1 saturated heterocycles. The number of carbonyl (C=O) groups is 1. The van der Waals surface area contributed by atoms with E-state index in [9.17, 15) is 13.2 Å². The van der Waals surface area contributed by atoms with Crippen molar-refractivity contribution in [2.24, 2.45) is 0 Å². The molecule has 2 aromatic carbocycles. The number of benzene rings is 2. The van der Waals surface area contributed by atoms with E-state index < -0.39 is 10.0 Å². The Kier molecular flexibility index (Phi) is 6.15. The maximum Gasteiger partial charge on any atom is 0.271 e. The van der Waals surface area contributed by atoms with Crippen LogP contribution in [0.5, 0.6) is 0 Å². The van der Waals surface area contributed by atoms with Crippen molar-refractivity contribution in [3.63, 3.8) is 0 Å². The molecule has 1 fully saturated rings. The molecule has 5 aromatic rings. The van der Waals surface area contributed by atoms with Gasteiger partial charge >= 0.3 is 0 Å². The van der Waals surface area contributed by atoms with Crippen molar-refractivity contribution in [2.45, 2.75) is 24.8 Å². The molecular weight excluding hydrogens is 514 g/mol. The first-order valence-corrected chi connectivity index (χ1v) is 14.1. The first kappa shape index (κ1) is 24.8. The summed E-state index contributed by atoms with van der Waals surface area (Å²) in [5.74, 6) is 0.386. The van der Waals surface area contributed by atoms with Crippen LogP contribution in [0.3, 0.4) is 0 Å². The quantitative estimate of drug-likeness (QED) is 0.355. The van der Waals surface area contributed by atoms with Gasteiger partial charge in [0, 0.05) is 73.3 Å². The Morgan fingerprint density at radius 1 is 0.974 bits per heavy atom. The van der Waals surface area contributed by atoms with Gasteiger partial charge < -0.3 is 15.1 Å². The summed E-state index contributed by atoms with van der Waals surface area (Å²) < 4.78 is 28.5. The number of nitrogens with zero attached hydrogens (tertiary/aromatic N) is 6. The summed E-state index contributed by atoms with van der Waals surface area (Å²) >= 11 is 0. The van der Waals surface area contributed by atoms with Crippen molar-refractivity contribution in [3.8, 4) is 0 Å². The third-order valence-corrected chi connectivity index (χ3v) is 8.75. The number of aromatic nitrogens is 4. The number of nitrogens with one attached hydrogen (secondary N) is 1. The molecule has 1 atom stereocenters. The number of carbonyl (C=O) groups excluding carboxylic acids is 1. The normalized spacial score (nSPS) is 16.1. The molecule has 11 heteroatoms. The van der Waals surface area contributed by atoms with Crippen LogP contribution in [-0.4, -0.2) is 63.8 Å². The zero-order valence-corrected chi connectivity index (χ0v) is 22.3. The number of rotatable bonds is 5. The van der Waals surface area contributed by atoms with Crippen LogP contribution in [0.25, 0.3) is 21.9 Å². The van der Waals surface area contributed by atoms with Gasteiger partial charge in [-0.3, -0.25) is 9.78 Å². The summed E-state index contributed by atoms with van der Waals surface area (Å²) in [6.45, 7) is 5.91. The number of anilines is 3. The van der Waals surface area contributed by atoms with E-state index in [1.807, 2.05) is 41.3 Å². The van der Waals surface area contributed by atoms with Crippen molar-refractivity contribution >= 4 is 55.2 Å². The first-order chi connectivity index (χ1) is 18.8. The van der Waals surface area contributed by atoms with E-state index in [2.05, 4.69) is 32.1 Å². The predicted octanol–water partition coefficient (Wildman–Crippen LogP) is 4.02. The Hall–Kier alpha value is -4.51. The van der Waals surface area contributed by atoms with E-state index in [-0.39, 0.29) is 28.4 Å². The first-order valence-electron chi connectivity index (χ1n) is 12.6. The van der Waals surface area contributed by atoms with Gasteiger partial charge in [0.15, 0.2) is 5.65 Å². The van der Waals surface area contributed by atoms with Crippen LogP contribution >= 0.6 is 0 Å². The molecule has 0 bridgehead atoms. The maximum atomic E-state index is 13.7. The highest BCUT2D eigenvalue weighted by atomic mass is 32.2. The summed E-state index contributed by atoms with van der Waals surface area (Å²) in [5, 5.41) is 4.53. The van der Waals surface area contributed by atoms with Crippen LogP contribution in [0.2, 0.25) is 0 Å². The second kappa shape index (κ2) is 9.66. The number of amides is 1. The van der Waals surface area contributed by atoms with E-state index in [4.69, 9.17) is 0 Å². The number of piperazine rings is 1. The van der Waals surface area contributed by atoms with Gasteiger partial charge in [0.2, 0.25) is 11.9 Å². The molecule has 6 rings (SSSR count). The second-order valence-electron chi connectivity index (χ2n) is 9.60. The monoisotopic (exact) mass is 541 g/mol. The van der Waals surface area contributed by atoms with Crippen LogP contribution in [0.4, 0.5) is 17.3 Å². The van der Waals surface area contributed by atoms with E-state index in [0.29, 0.717) is 17.4 Å². The van der Waals surface area contributed by atoms with Crippen LogP contribution in [0.1, 0.15) is 13.8 Å². The lowest BCUT2D eigenvalue weighted by Gasteiger charge is -2.40. The smallest absolute Gasteiger partial charge is 0.271 e. The average Bonchev–Trinajstić information content (AvgIpc) is 3.37. The molecule has 0 spiro atoms. The van der Waals surface area contributed by atoms with Crippen molar-refractivity contribution in [3.05, 3.63) is 79.3 Å². The largest absolute Gasteiger partial charge is 0.368 e. The standard InChI is InChI=1S/C28H27N7O3S/c1-19-18-33(15-16-34(19)20(2)36)24-10-8-23(9-11-24)31-28-30-17-22-12-14-35(27(22)32-28)39(37,38)25-7-3-5-21-6-4-13-29-26(21)25/h3-14,17,19H,15-16,18H2,1-2H3,(H,30,31,32)/t19-/m0/s1. The van der Waals surface area contributed by atoms with E-state index in [0.717, 1.165) is 29.9 Å². The third kappa shape index (κ3) is 4.54. The van der Waals surface area contributed by atoms with Gasteiger partial charge in [0.1, 0.15) is 4.90 Å². The fourth-order valence-corrected chi connectivity index (χ4v) is 6.56. The summed E-state index contributed by atoms with van der Waals surface area (Å²) in [6.07, 6.45) is 4.67. The summed E-state index contributed by atoms with van der Waals surface area (Å²) in [6, 6.07) is 18.4. The van der Waals surface area contributed by atoms with E-state index >= 15 is 0 Å². The molecule has 1 N–H and O–H groups in total. The van der Waals surface area contributed by atoms with Crippen molar-refractivity contribution < 1.29 is 13.2 Å². The van der Waals surface area contributed by atoms with Crippen LogP contribution < -0.4 is 10.2 Å². The lowest BCUT2D eigenvalue weighted by atomic mass is 10.1. The fourth-order valence-electron chi connectivity index (χ4n) is 5.08. The molecule has 39 heavy (non-hydrogen) atoms. The fraction of sp³-hybridized carbons (Fsp3) is 0.214. The predicted molar refractivity (Wildman–Crippen MR) is 151 cm³/mol. The van der Waals surface area contributed by atoms with Crippen molar-refractivity contribution in [1.82, 2.24) is 23.8 Å². The highest BCUT2D eigenvalue weighted by Gasteiger charge is 2.26. The highest BCUT2D eigenvalue weighted by molar-refractivity contribution is 7.90. The number of para-hydroxylation sites is 1. The molecule has 0 saturated carbocycles. The number of fused-ring (bicyclic) bond motifs is 2. The zero-order valence-electron chi connectivity index (χ0n) is 21.5. The van der Waals surface area contributed by atoms with Crippen LogP contribution in [-0.2, 0) is 14.8 Å². The molecular formula is C28H27N7O3S. The van der Waals surface area contributed by atoms with Gasteiger partial charge in [0.05, 0.1) is 5.52 Å². The molecule has 3 aromatic heterocycles. The van der Waals surface area contributed by atoms with Crippen molar-refractivity contribution in [1.29, 1.82) is 0 Å². The van der Waals surface area contributed by atoms with Gasteiger partial charge in [-0.05, 0) is 49.4 Å². The van der Waals surface area contributed by atoms with Gasteiger partial charge in [-0.25, -0.2) is 17.4 Å². The molecule has 4 heterocycles. The Morgan fingerprint density at radius 3 is 2.54 bits per heavy atom. The SMILES string of the molecule is CC(=O)N1CCN(c2ccc(Nc3ncc4ccn(S(=O)(=O)c5cccc6cccnc56)c4n3)cc2)C[C@@H]1C. The van der Waals surface area contributed by atoms with Gasteiger partial charge in [-0.15, -0.1) is 0 Å². The molecule has 0 unspecified atom stereocenters. The highest BCUT2D eigenvalue weighted by Crippen LogP contribution is 2.27. The van der Waals surface area contributed by atoms with Gasteiger partial charge in [-0.1, -0.05) is 18.2 Å². The third-order valence-electron chi connectivity index (χ3n) is 7.05. The molecule has 1 aliphatic rings. The topological polar surface area (TPSA) is 113 Å². The van der Waals surface area contributed by atoms with Crippen LogP contribution in [0.15, 0.2) is 84.1 Å². The Balaban J connectivity index is 1.25. The minimum absolute atomic E-state index is 0.103. The number of hydrogen-bond donors (Lipinski definition) is 1. The number of hydrogen-bond acceptors (Lipinski definition) is 8. The van der Waals surface area contributed by atoms with E-state index in [1.54, 1.807) is 43.6 Å².